The third-order valence-electron chi connectivity index (χ3n) is 2.37. The van der Waals surface area contributed by atoms with E-state index in [4.69, 9.17) is 4.74 Å². The Labute approximate surface area is 109 Å². The summed E-state index contributed by atoms with van der Waals surface area (Å²) in [7, 11) is 1.65. The number of fused-ring (bicyclic) bond motifs is 1. The normalized spacial score (nSPS) is 10.3. The Kier molecular flexibility index (Phi) is 3.99. The number of nitrogens with zero attached hydrogens (tertiary/aromatic N) is 1. The van der Waals surface area contributed by atoms with Crippen LogP contribution in [0.15, 0.2) is 18.2 Å². The predicted molar refractivity (Wildman–Crippen MR) is 73.3 cm³/mol. The molecule has 0 aliphatic heterocycles. The van der Waals surface area contributed by atoms with Crippen LogP contribution in [0.4, 0.5) is 5.13 Å². The zero-order chi connectivity index (χ0) is 13.0. The van der Waals surface area contributed by atoms with E-state index in [1.807, 2.05) is 18.2 Å². The summed E-state index contributed by atoms with van der Waals surface area (Å²) in [5.41, 5.74) is 0.947. The van der Waals surface area contributed by atoms with E-state index in [1.165, 1.54) is 6.92 Å². The van der Waals surface area contributed by atoms with Crippen molar-refractivity contribution in [2.75, 3.05) is 25.5 Å². The first-order valence-electron chi connectivity index (χ1n) is 5.62. The Hall–Kier alpha value is -1.82. The number of carbonyl (C=O) groups is 1. The first-order valence-corrected chi connectivity index (χ1v) is 6.43. The number of benzene rings is 1. The molecule has 0 saturated carbocycles. The fraction of sp³-hybridized carbons (Fsp3) is 0.333. The quantitative estimate of drug-likeness (QED) is 0.810. The maximum atomic E-state index is 10.7. The minimum atomic E-state index is -0.0224. The zero-order valence-corrected chi connectivity index (χ0v) is 11.1. The molecule has 0 saturated heterocycles. The van der Waals surface area contributed by atoms with Crippen LogP contribution in [0.5, 0.6) is 5.75 Å². The average molecular weight is 265 g/mol. The van der Waals surface area contributed by atoms with Crippen LogP contribution < -0.4 is 15.4 Å². The van der Waals surface area contributed by atoms with E-state index in [0.717, 1.165) is 21.1 Å². The Bertz CT molecular complexity index is 553. The number of hydrogen-bond donors (Lipinski definition) is 2. The summed E-state index contributed by atoms with van der Waals surface area (Å²) in [6.45, 7) is 2.76. The lowest BCUT2D eigenvalue weighted by molar-refractivity contribution is -0.118. The van der Waals surface area contributed by atoms with Gasteiger partial charge in [0.25, 0.3) is 0 Å². The number of thiazole rings is 1. The van der Waals surface area contributed by atoms with Crippen LogP contribution in [-0.4, -0.2) is 31.1 Å². The number of methoxy groups -OCH3 is 1. The van der Waals surface area contributed by atoms with Crippen LogP contribution in [0.1, 0.15) is 6.92 Å². The number of anilines is 1. The second kappa shape index (κ2) is 5.68. The molecule has 0 unspecified atom stereocenters. The van der Waals surface area contributed by atoms with Crippen molar-refractivity contribution in [3.05, 3.63) is 18.2 Å². The van der Waals surface area contributed by atoms with Crippen molar-refractivity contribution in [1.82, 2.24) is 10.3 Å². The summed E-state index contributed by atoms with van der Waals surface area (Å²) < 4.78 is 6.25. The average Bonchev–Trinajstić information content (AvgIpc) is 2.75. The Balaban J connectivity index is 1.99. The first kappa shape index (κ1) is 12.6. The molecule has 1 aromatic heterocycles. The van der Waals surface area contributed by atoms with E-state index in [-0.39, 0.29) is 5.91 Å². The molecule has 0 atom stereocenters. The predicted octanol–water partition coefficient (Wildman–Crippen LogP) is 1.85. The van der Waals surface area contributed by atoms with Gasteiger partial charge in [-0.2, -0.15) is 0 Å². The van der Waals surface area contributed by atoms with E-state index in [0.29, 0.717) is 13.1 Å². The Morgan fingerprint density at radius 3 is 3.00 bits per heavy atom. The highest BCUT2D eigenvalue weighted by Gasteiger charge is 2.04. The highest BCUT2D eigenvalue weighted by molar-refractivity contribution is 7.22. The van der Waals surface area contributed by atoms with Gasteiger partial charge in [-0.25, -0.2) is 4.98 Å². The smallest absolute Gasteiger partial charge is 0.216 e. The molecule has 0 spiro atoms. The van der Waals surface area contributed by atoms with Gasteiger partial charge in [0.05, 0.1) is 17.3 Å². The van der Waals surface area contributed by atoms with Crippen molar-refractivity contribution in [2.24, 2.45) is 0 Å². The van der Waals surface area contributed by atoms with Crippen molar-refractivity contribution in [3.63, 3.8) is 0 Å². The molecule has 1 amide bonds. The number of rotatable bonds is 5. The molecule has 96 valence electrons. The maximum absolute atomic E-state index is 10.7. The van der Waals surface area contributed by atoms with Gasteiger partial charge in [0.2, 0.25) is 5.91 Å². The monoisotopic (exact) mass is 265 g/mol. The van der Waals surface area contributed by atoms with Crippen LogP contribution in [-0.2, 0) is 4.79 Å². The second-order valence-corrected chi connectivity index (χ2v) is 4.79. The van der Waals surface area contributed by atoms with E-state index in [1.54, 1.807) is 18.4 Å². The van der Waals surface area contributed by atoms with E-state index in [9.17, 15) is 4.79 Å². The molecule has 6 heteroatoms. The van der Waals surface area contributed by atoms with Crippen molar-refractivity contribution in [2.45, 2.75) is 6.92 Å². The van der Waals surface area contributed by atoms with E-state index >= 15 is 0 Å². The maximum Gasteiger partial charge on any atom is 0.216 e. The molecule has 0 fully saturated rings. The lowest BCUT2D eigenvalue weighted by Crippen LogP contribution is -2.26. The number of carbonyl (C=O) groups excluding carboxylic acids is 1. The van der Waals surface area contributed by atoms with E-state index in [2.05, 4.69) is 15.6 Å². The number of ether oxygens (including phenoxy) is 1. The van der Waals surface area contributed by atoms with Crippen molar-refractivity contribution < 1.29 is 9.53 Å². The Morgan fingerprint density at radius 1 is 1.44 bits per heavy atom. The standard InChI is InChI=1S/C12H15N3O2S/c1-8(16)13-5-6-14-12-15-10-4-3-9(17-2)7-11(10)18-12/h3-4,7H,5-6H2,1-2H3,(H,13,16)(H,14,15). The van der Waals surface area contributed by atoms with Crippen LogP contribution in [0.25, 0.3) is 10.2 Å². The minimum Gasteiger partial charge on any atom is -0.497 e. The molecule has 1 heterocycles. The molecule has 5 nitrogen and oxygen atoms in total. The van der Waals surface area contributed by atoms with Crippen LogP contribution in [0, 0.1) is 0 Å². The molecular formula is C12H15N3O2S. The van der Waals surface area contributed by atoms with Gasteiger partial charge in [-0.3, -0.25) is 4.79 Å². The molecule has 0 radical (unpaired) electrons. The van der Waals surface area contributed by atoms with Gasteiger partial charge in [-0.05, 0) is 18.2 Å². The van der Waals surface area contributed by atoms with Crippen molar-refractivity contribution in [3.8, 4) is 5.75 Å². The summed E-state index contributed by atoms with van der Waals surface area (Å²) in [6, 6.07) is 5.79. The zero-order valence-electron chi connectivity index (χ0n) is 10.3. The van der Waals surface area contributed by atoms with E-state index < -0.39 is 0 Å². The molecule has 2 aromatic rings. The summed E-state index contributed by atoms with van der Waals surface area (Å²) in [4.78, 5) is 15.1. The van der Waals surface area contributed by atoms with Crippen LogP contribution in [0.3, 0.4) is 0 Å². The highest BCUT2D eigenvalue weighted by atomic mass is 32.1. The topological polar surface area (TPSA) is 63.2 Å². The summed E-state index contributed by atoms with van der Waals surface area (Å²) >= 11 is 1.57. The third kappa shape index (κ3) is 3.10. The molecule has 2 rings (SSSR count). The molecule has 2 N–H and O–H groups in total. The van der Waals surface area contributed by atoms with Gasteiger partial charge >= 0.3 is 0 Å². The fourth-order valence-corrected chi connectivity index (χ4v) is 2.44. The van der Waals surface area contributed by atoms with Gasteiger partial charge in [-0.15, -0.1) is 0 Å². The number of nitrogens with one attached hydrogen (secondary N) is 2. The second-order valence-electron chi connectivity index (χ2n) is 3.76. The fourth-order valence-electron chi connectivity index (χ4n) is 1.52. The Morgan fingerprint density at radius 2 is 2.28 bits per heavy atom. The largest absolute Gasteiger partial charge is 0.497 e. The number of hydrogen-bond acceptors (Lipinski definition) is 5. The molecule has 1 aromatic carbocycles. The molecular weight excluding hydrogens is 250 g/mol. The summed E-state index contributed by atoms with van der Waals surface area (Å²) in [6.07, 6.45) is 0. The molecule has 0 aliphatic rings. The molecule has 18 heavy (non-hydrogen) atoms. The lowest BCUT2D eigenvalue weighted by Gasteiger charge is -2.02. The summed E-state index contributed by atoms with van der Waals surface area (Å²) in [5.74, 6) is 0.807. The first-order chi connectivity index (χ1) is 8.69. The van der Waals surface area contributed by atoms with Gasteiger partial charge < -0.3 is 15.4 Å². The van der Waals surface area contributed by atoms with Gasteiger partial charge in [0, 0.05) is 20.0 Å². The van der Waals surface area contributed by atoms with Gasteiger partial charge in [-0.1, -0.05) is 11.3 Å². The van der Waals surface area contributed by atoms with Crippen molar-refractivity contribution in [1.29, 1.82) is 0 Å². The number of aromatic nitrogens is 1. The van der Waals surface area contributed by atoms with Crippen molar-refractivity contribution >= 4 is 32.6 Å². The van der Waals surface area contributed by atoms with Gasteiger partial charge in [0.15, 0.2) is 5.13 Å². The van der Waals surface area contributed by atoms with Crippen LogP contribution in [0.2, 0.25) is 0 Å². The number of amides is 1. The minimum absolute atomic E-state index is 0.0224. The molecule has 0 aliphatic carbocycles. The SMILES string of the molecule is COc1ccc2nc(NCCNC(C)=O)sc2c1. The molecule has 0 bridgehead atoms. The van der Waals surface area contributed by atoms with Gasteiger partial charge in [0.1, 0.15) is 5.75 Å². The van der Waals surface area contributed by atoms with Crippen LogP contribution >= 0.6 is 11.3 Å². The highest BCUT2D eigenvalue weighted by Crippen LogP contribution is 2.28. The summed E-state index contributed by atoms with van der Waals surface area (Å²) in [5, 5.41) is 6.75. The lowest BCUT2D eigenvalue weighted by atomic mass is 10.3. The third-order valence-corrected chi connectivity index (χ3v) is 3.35.